The molecule has 96 valence electrons. The van der Waals surface area contributed by atoms with E-state index in [-0.39, 0.29) is 11.5 Å². The van der Waals surface area contributed by atoms with Gasteiger partial charge in [0.15, 0.2) is 5.78 Å². The predicted octanol–water partition coefficient (Wildman–Crippen LogP) is 2.88. The third-order valence-corrected chi connectivity index (χ3v) is 3.24. The van der Waals surface area contributed by atoms with Gasteiger partial charge in [0.25, 0.3) is 0 Å². The Morgan fingerprint density at radius 3 is 2.72 bits per heavy atom. The zero-order chi connectivity index (χ0) is 13.0. The lowest BCUT2D eigenvalue weighted by Gasteiger charge is -2.24. The number of phenols is 1. The van der Waals surface area contributed by atoms with Gasteiger partial charge in [-0.3, -0.25) is 4.79 Å². The molecule has 1 saturated heterocycles. The highest BCUT2D eigenvalue weighted by Gasteiger charge is 2.10. The first-order valence-electron chi connectivity index (χ1n) is 6.43. The van der Waals surface area contributed by atoms with Crippen molar-refractivity contribution in [1.29, 1.82) is 0 Å². The maximum atomic E-state index is 12.0. The van der Waals surface area contributed by atoms with Crippen molar-refractivity contribution in [3.8, 4) is 5.75 Å². The summed E-state index contributed by atoms with van der Waals surface area (Å²) in [5.74, 6) is -0.0873. The number of carbonyl (C=O) groups is 1. The minimum Gasteiger partial charge on any atom is -0.507 e. The van der Waals surface area contributed by atoms with E-state index in [9.17, 15) is 9.90 Å². The third kappa shape index (κ3) is 3.13. The molecule has 0 aliphatic carbocycles. The van der Waals surface area contributed by atoms with Crippen LogP contribution in [0, 0.1) is 6.92 Å². The number of hydrogen-bond acceptors (Lipinski definition) is 3. The molecule has 0 spiro atoms. The number of piperidine rings is 1. The van der Waals surface area contributed by atoms with Crippen molar-refractivity contribution < 1.29 is 9.90 Å². The molecular formula is C15H19NO2. The Labute approximate surface area is 108 Å². The summed E-state index contributed by atoms with van der Waals surface area (Å²) in [5, 5.41) is 9.67. The second-order valence-electron chi connectivity index (χ2n) is 4.80. The van der Waals surface area contributed by atoms with Gasteiger partial charge in [-0.25, -0.2) is 0 Å². The third-order valence-electron chi connectivity index (χ3n) is 3.24. The standard InChI is InChI=1S/C15H19NO2/c1-12-5-6-14(17)13(11-12)15(18)7-10-16-8-3-2-4-9-16/h5-7,10-11,17H,2-4,8-9H2,1H3/b10-7-. The molecule has 0 radical (unpaired) electrons. The van der Waals surface area contributed by atoms with Crippen molar-refractivity contribution in [2.24, 2.45) is 0 Å². The van der Waals surface area contributed by atoms with Crippen LogP contribution < -0.4 is 0 Å². The van der Waals surface area contributed by atoms with Crippen LogP contribution in [-0.4, -0.2) is 28.9 Å². The number of aryl methyl sites for hydroxylation is 1. The summed E-state index contributed by atoms with van der Waals surface area (Å²) in [6.07, 6.45) is 7.06. The molecule has 1 fully saturated rings. The maximum Gasteiger partial charge on any atom is 0.191 e. The van der Waals surface area contributed by atoms with Gasteiger partial charge in [0.2, 0.25) is 0 Å². The number of ketones is 1. The largest absolute Gasteiger partial charge is 0.507 e. The van der Waals surface area contributed by atoms with E-state index in [1.54, 1.807) is 24.3 Å². The molecule has 0 amide bonds. The van der Waals surface area contributed by atoms with Crippen LogP contribution in [0.5, 0.6) is 5.75 Å². The molecule has 0 atom stereocenters. The smallest absolute Gasteiger partial charge is 0.191 e. The molecule has 0 bridgehead atoms. The molecule has 1 aromatic rings. The van der Waals surface area contributed by atoms with Gasteiger partial charge in [-0.1, -0.05) is 11.6 Å². The average Bonchev–Trinajstić information content (AvgIpc) is 2.40. The van der Waals surface area contributed by atoms with Crippen molar-refractivity contribution >= 4 is 5.78 Å². The van der Waals surface area contributed by atoms with Gasteiger partial charge in [0, 0.05) is 25.4 Å². The number of likely N-dealkylation sites (tertiary alicyclic amines) is 1. The summed E-state index contributed by atoms with van der Waals surface area (Å²) >= 11 is 0. The lowest BCUT2D eigenvalue weighted by Crippen LogP contribution is -2.24. The van der Waals surface area contributed by atoms with Crippen LogP contribution in [0.15, 0.2) is 30.5 Å². The number of allylic oxidation sites excluding steroid dienone is 1. The molecule has 0 unspecified atom stereocenters. The number of aromatic hydroxyl groups is 1. The highest BCUT2D eigenvalue weighted by Crippen LogP contribution is 2.19. The Balaban J connectivity index is 2.06. The Morgan fingerprint density at radius 2 is 2.00 bits per heavy atom. The van der Waals surface area contributed by atoms with Gasteiger partial charge in [-0.15, -0.1) is 0 Å². The SMILES string of the molecule is Cc1ccc(O)c(C(=O)/C=C\N2CCCCC2)c1. The lowest BCUT2D eigenvalue weighted by molar-refractivity contribution is 0.104. The highest BCUT2D eigenvalue weighted by atomic mass is 16.3. The van der Waals surface area contributed by atoms with Crippen LogP contribution in [0.25, 0.3) is 0 Å². The molecule has 1 aromatic carbocycles. The zero-order valence-corrected chi connectivity index (χ0v) is 10.7. The van der Waals surface area contributed by atoms with Gasteiger partial charge in [-0.05, 0) is 38.3 Å². The van der Waals surface area contributed by atoms with E-state index in [2.05, 4.69) is 4.90 Å². The summed E-state index contributed by atoms with van der Waals surface area (Å²) in [5.41, 5.74) is 1.35. The van der Waals surface area contributed by atoms with E-state index >= 15 is 0 Å². The second-order valence-corrected chi connectivity index (χ2v) is 4.80. The summed E-state index contributed by atoms with van der Waals surface area (Å²) in [6, 6.07) is 5.08. The van der Waals surface area contributed by atoms with Gasteiger partial charge in [0.1, 0.15) is 5.75 Å². The summed E-state index contributed by atoms with van der Waals surface area (Å²) in [4.78, 5) is 14.1. The van der Waals surface area contributed by atoms with Crippen molar-refractivity contribution in [2.45, 2.75) is 26.2 Å². The van der Waals surface area contributed by atoms with E-state index in [0.717, 1.165) is 18.7 Å². The van der Waals surface area contributed by atoms with Crippen LogP contribution in [0.4, 0.5) is 0 Å². The first-order chi connectivity index (χ1) is 8.66. The van der Waals surface area contributed by atoms with Crippen molar-refractivity contribution in [2.75, 3.05) is 13.1 Å². The Hall–Kier alpha value is -1.77. The number of phenolic OH excluding ortho intramolecular Hbond substituents is 1. The lowest BCUT2D eigenvalue weighted by atomic mass is 10.1. The minimum atomic E-state index is -0.137. The second kappa shape index (κ2) is 5.71. The summed E-state index contributed by atoms with van der Waals surface area (Å²) in [7, 11) is 0. The molecule has 1 aliphatic heterocycles. The van der Waals surface area contributed by atoms with Crippen LogP contribution in [0.2, 0.25) is 0 Å². The first-order valence-corrected chi connectivity index (χ1v) is 6.43. The van der Waals surface area contributed by atoms with Crippen molar-refractivity contribution in [1.82, 2.24) is 4.90 Å². The quantitative estimate of drug-likeness (QED) is 0.657. The fourth-order valence-corrected chi connectivity index (χ4v) is 2.18. The highest BCUT2D eigenvalue weighted by molar-refractivity contribution is 6.06. The number of carbonyl (C=O) groups excluding carboxylic acids is 1. The number of hydrogen-bond donors (Lipinski definition) is 1. The number of nitrogens with zero attached hydrogens (tertiary/aromatic N) is 1. The van der Waals surface area contributed by atoms with Gasteiger partial charge < -0.3 is 10.0 Å². The van der Waals surface area contributed by atoms with Crippen LogP contribution in [0.3, 0.4) is 0 Å². The molecule has 2 rings (SSSR count). The van der Waals surface area contributed by atoms with Crippen LogP contribution >= 0.6 is 0 Å². The van der Waals surface area contributed by atoms with E-state index in [1.165, 1.54) is 19.3 Å². The Kier molecular flexibility index (Phi) is 4.03. The fourth-order valence-electron chi connectivity index (χ4n) is 2.18. The molecule has 1 N–H and O–H groups in total. The Morgan fingerprint density at radius 1 is 1.28 bits per heavy atom. The van der Waals surface area contributed by atoms with Crippen LogP contribution in [0.1, 0.15) is 35.2 Å². The maximum absolute atomic E-state index is 12.0. The van der Waals surface area contributed by atoms with Gasteiger partial charge in [-0.2, -0.15) is 0 Å². The zero-order valence-electron chi connectivity index (χ0n) is 10.7. The normalized spacial score (nSPS) is 16.2. The molecule has 0 saturated carbocycles. The van der Waals surface area contributed by atoms with E-state index in [4.69, 9.17) is 0 Å². The van der Waals surface area contributed by atoms with E-state index in [0.29, 0.717) is 5.56 Å². The number of benzene rings is 1. The topological polar surface area (TPSA) is 40.5 Å². The molecule has 3 heteroatoms. The van der Waals surface area contributed by atoms with Crippen molar-refractivity contribution in [3.05, 3.63) is 41.6 Å². The van der Waals surface area contributed by atoms with Crippen LogP contribution in [-0.2, 0) is 0 Å². The Bertz CT molecular complexity index is 460. The van der Waals surface area contributed by atoms with Gasteiger partial charge in [0.05, 0.1) is 5.56 Å². The van der Waals surface area contributed by atoms with Gasteiger partial charge >= 0.3 is 0 Å². The molecule has 3 nitrogen and oxygen atoms in total. The monoisotopic (exact) mass is 245 g/mol. The molecule has 1 heterocycles. The van der Waals surface area contributed by atoms with E-state index in [1.807, 2.05) is 13.1 Å². The summed E-state index contributed by atoms with van der Waals surface area (Å²) in [6.45, 7) is 3.94. The number of rotatable bonds is 3. The molecule has 1 aliphatic rings. The first kappa shape index (κ1) is 12.7. The van der Waals surface area contributed by atoms with E-state index < -0.39 is 0 Å². The van der Waals surface area contributed by atoms with Crippen molar-refractivity contribution in [3.63, 3.8) is 0 Å². The summed E-state index contributed by atoms with van der Waals surface area (Å²) < 4.78 is 0. The fraction of sp³-hybridized carbons (Fsp3) is 0.400. The minimum absolute atomic E-state index is 0.0499. The molecule has 18 heavy (non-hydrogen) atoms. The average molecular weight is 245 g/mol. The molecule has 0 aromatic heterocycles. The predicted molar refractivity (Wildman–Crippen MR) is 71.7 cm³/mol. The molecular weight excluding hydrogens is 226 g/mol.